The Bertz CT molecular complexity index is 162. The minimum absolute atomic E-state index is 1.19. The summed E-state index contributed by atoms with van der Waals surface area (Å²) in [5, 5.41) is 0. The van der Waals surface area contributed by atoms with Crippen LogP contribution in [0.2, 0.25) is 0 Å². The van der Waals surface area contributed by atoms with Crippen LogP contribution >= 0.6 is 0 Å². The van der Waals surface area contributed by atoms with Crippen molar-refractivity contribution in [3.8, 4) is 0 Å². The van der Waals surface area contributed by atoms with Crippen LogP contribution in [0.4, 0.5) is 0 Å². The van der Waals surface area contributed by atoms with E-state index in [1.807, 2.05) is 0 Å². The van der Waals surface area contributed by atoms with Gasteiger partial charge in [0.2, 0.25) is 0 Å². The zero-order valence-corrected chi connectivity index (χ0v) is 8.40. The molecule has 0 amide bonds. The molecule has 0 unspecified atom stereocenters. The van der Waals surface area contributed by atoms with Crippen molar-refractivity contribution in [2.75, 3.05) is 0 Å². The molecule has 1 aliphatic rings. The van der Waals surface area contributed by atoms with Crippen LogP contribution in [0, 0.1) is 0 Å². The van der Waals surface area contributed by atoms with Crippen molar-refractivity contribution in [3.63, 3.8) is 0 Å². The Morgan fingerprint density at radius 1 is 0.917 bits per heavy atom. The first kappa shape index (κ1) is 9.57. The Labute approximate surface area is 76.4 Å². The van der Waals surface area contributed by atoms with Gasteiger partial charge in [0.1, 0.15) is 0 Å². The molecule has 1 saturated carbocycles. The molecule has 0 heteroatoms. The zero-order chi connectivity index (χ0) is 8.81. The standard InChI is InChI=1S/C12H20/c1-3-7-11-9-5-6-10-12(11)8-4-2/h7-8H,3-6,9-10H2,1-2H3. The van der Waals surface area contributed by atoms with E-state index in [2.05, 4.69) is 26.0 Å². The van der Waals surface area contributed by atoms with Gasteiger partial charge in [-0.05, 0) is 49.7 Å². The van der Waals surface area contributed by atoms with Crippen molar-refractivity contribution in [2.24, 2.45) is 0 Å². The summed E-state index contributed by atoms with van der Waals surface area (Å²) in [6, 6.07) is 0. The molecule has 0 heterocycles. The maximum atomic E-state index is 2.40. The van der Waals surface area contributed by atoms with Crippen LogP contribution in [-0.4, -0.2) is 0 Å². The molecule has 0 radical (unpaired) electrons. The van der Waals surface area contributed by atoms with E-state index in [9.17, 15) is 0 Å². The van der Waals surface area contributed by atoms with Gasteiger partial charge in [0.15, 0.2) is 0 Å². The Morgan fingerprint density at radius 3 is 1.67 bits per heavy atom. The summed E-state index contributed by atoms with van der Waals surface area (Å²) in [5.74, 6) is 0. The van der Waals surface area contributed by atoms with Crippen LogP contribution in [-0.2, 0) is 0 Å². The number of allylic oxidation sites excluding steroid dienone is 4. The highest BCUT2D eigenvalue weighted by Crippen LogP contribution is 2.29. The Morgan fingerprint density at radius 2 is 1.33 bits per heavy atom. The van der Waals surface area contributed by atoms with E-state index >= 15 is 0 Å². The molecule has 0 N–H and O–H groups in total. The molecule has 0 nitrogen and oxygen atoms in total. The number of rotatable bonds is 2. The van der Waals surface area contributed by atoms with Crippen LogP contribution in [0.25, 0.3) is 0 Å². The van der Waals surface area contributed by atoms with Crippen molar-refractivity contribution in [1.82, 2.24) is 0 Å². The molecule has 0 spiro atoms. The highest BCUT2D eigenvalue weighted by molar-refractivity contribution is 5.32. The van der Waals surface area contributed by atoms with E-state index in [0.717, 1.165) is 0 Å². The lowest BCUT2D eigenvalue weighted by Gasteiger charge is -2.18. The molecular formula is C12H20. The summed E-state index contributed by atoms with van der Waals surface area (Å²) in [4.78, 5) is 0. The molecule has 0 aromatic heterocycles. The largest absolute Gasteiger partial charge is 0.0813 e. The maximum absolute atomic E-state index is 2.40. The lowest BCUT2D eigenvalue weighted by molar-refractivity contribution is 0.674. The van der Waals surface area contributed by atoms with Crippen molar-refractivity contribution in [3.05, 3.63) is 23.3 Å². The summed E-state index contributed by atoms with van der Waals surface area (Å²) < 4.78 is 0. The number of hydrogen-bond donors (Lipinski definition) is 0. The fourth-order valence-corrected chi connectivity index (χ4v) is 1.91. The van der Waals surface area contributed by atoms with Gasteiger partial charge in [-0.1, -0.05) is 26.0 Å². The first-order valence-corrected chi connectivity index (χ1v) is 5.27. The van der Waals surface area contributed by atoms with Crippen LogP contribution in [0.3, 0.4) is 0 Å². The molecule has 12 heavy (non-hydrogen) atoms. The van der Waals surface area contributed by atoms with E-state index in [1.165, 1.54) is 38.5 Å². The van der Waals surface area contributed by atoms with Crippen molar-refractivity contribution >= 4 is 0 Å². The third-order valence-electron chi connectivity index (χ3n) is 2.46. The second-order valence-corrected chi connectivity index (χ2v) is 3.48. The summed E-state index contributed by atoms with van der Waals surface area (Å²) in [5.41, 5.74) is 3.26. The molecule has 68 valence electrons. The molecule has 1 rings (SSSR count). The average Bonchev–Trinajstić information content (AvgIpc) is 2.09. The van der Waals surface area contributed by atoms with Crippen LogP contribution < -0.4 is 0 Å². The van der Waals surface area contributed by atoms with E-state index in [4.69, 9.17) is 0 Å². The smallest absolute Gasteiger partial charge is 0.0279 e. The summed E-state index contributed by atoms with van der Waals surface area (Å²) in [6.45, 7) is 4.45. The van der Waals surface area contributed by atoms with Crippen LogP contribution in [0.1, 0.15) is 52.4 Å². The molecule has 0 atom stereocenters. The first-order chi connectivity index (χ1) is 5.88. The monoisotopic (exact) mass is 164 g/mol. The van der Waals surface area contributed by atoms with E-state index in [1.54, 1.807) is 11.1 Å². The first-order valence-electron chi connectivity index (χ1n) is 5.27. The molecule has 1 aliphatic carbocycles. The molecular weight excluding hydrogens is 144 g/mol. The predicted molar refractivity (Wildman–Crippen MR) is 55.2 cm³/mol. The minimum atomic E-state index is 1.19. The molecule has 0 aromatic carbocycles. The van der Waals surface area contributed by atoms with Gasteiger partial charge in [-0.2, -0.15) is 0 Å². The van der Waals surface area contributed by atoms with E-state index in [-0.39, 0.29) is 0 Å². The predicted octanol–water partition coefficient (Wildman–Crippen LogP) is 4.23. The molecule has 0 aliphatic heterocycles. The summed E-state index contributed by atoms with van der Waals surface area (Å²) in [6.07, 6.45) is 12.6. The Hall–Kier alpha value is -0.520. The van der Waals surface area contributed by atoms with Gasteiger partial charge in [0.05, 0.1) is 0 Å². The van der Waals surface area contributed by atoms with Gasteiger partial charge in [-0.15, -0.1) is 0 Å². The topological polar surface area (TPSA) is 0 Å². The quantitative estimate of drug-likeness (QED) is 0.573. The van der Waals surface area contributed by atoms with Gasteiger partial charge in [0.25, 0.3) is 0 Å². The SMILES string of the molecule is CCC=C1CCCCC1=CCC. The van der Waals surface area contributed by atoms with Gasteiger partial charge in [0, 0.05) is 0 Å². The van der Waals surface area contributed by atoms with Gasteiger partial charge >= 0.3 is 0 Å². The lowest BCUT2D eigenvalue weighted by atomic mass is 9.88. The summed E-state index contributed by atoms with van der Waals surface area (Å²) >= 11 is 0. The Kier molecular flexibility index (Phi) is 4.13. The normalized spacial score (nSPS) is 25.2. The fraction of sp³-hybridized carbons (Fsp3) is 0.667. The third kappa shape index (κ3) is 2.51. The molecule has 0 bridgehead atoms. The van der Waals surface area contributed by atoms with Crippen LogP contribution in [0.5, 0.6) is 0 Å². The molecule has 0 aromatic rings. The lowest BCUT2D eigenvalue weighted by Crippen LogP contribution is -1.98. The minimum Gasteiger partial charge on any atom is -0.0813 e. The second-order valence-electron chi connectivity index (χ2n) is 3.48. The average molecular weight is 164 g/mol. The van der Waals surface area contributed by atoms with E-state index in [0.29, 0.717) is 0 Å². The summed E-state index contributed by atoms with van der Waals surface area (Å²) in [7, 11) is 0. The third-order valence-corrected chi connectivity index (χ3v) is 2.46. The van der Waals surface area contributed by atoms with Crippen molar-refractivity contribution < 1.29 is 0 Å². The molecule has 0 saturated heterocycles. The maximum Gasteiger partial charge on any atom is -0.0279 e. The van der Waals surface area contributed by atoms with Crippen molar-refractivity contribution in [2.45, 2.75) is 52.4 Å². The van der Waals surface area contributed by atoms with Crippen molar-refractivity contribution in [1.29, 1.82) is 0 Å². The van der Waals surface area contributed by atoms with Gasteiger partial charge in [-0.25, -0.2) is 0 Å². The van der Waals surface area contributed by atoms with Gasteiger partial charge < -0.3 is 0 Å². The van der Waals surface area contributed by atoms with Crippen LogP contribution in [0.15, 0.2) is 23.3 Å². The second kappa shape index (κ2) is 5.18. The highest BCUT2D eigenvalue weighted by Gasteiger charge is 2.09. The zero-order valence-electron chi connectivity index (χ0n) is 8.40. The number of hydrogen-bond acceptors (Lipinski definition) is 0. The Balaban J connectivity index is 2.67. The van der Waals surface area contributed by atoms with E-state index < -0.39 is 0 Å². The van der Waals surface area contributed by atoms with Gasteiger partial charge in [-0.3, -0.25) is 0 Å². The fourth-order valence-electron chi connectivity index (χ4n) is 1.91. The highest BCUT2D eigenvalue weighted by atomic mass is 14.1. The molecule has 1 fully saturated rings.